The molecular formula is C15H13Br2FN2O2S. The first-order valence-electron chi connectivity index (χ1n) is 6.64. The van der Waals surface area contributed by atoms with Crippen LogP contribution in [0.3, 0.4) is 0 Å². The Bertz CT molecular complexity index is 736. The van der Waals surface area contributed by atoms with Gasteiger partial charge in [0.25, 0.3) is 5.91 Å². The van der Waals surface area contributed by atoms with Gasteiger partial charge < -0.3 is 10.6 Å². The van der Waals surface area contributed by atoms with Gasteiger partial charge in [-0.25, -0.2) is 4.39 Å². The fraction of sp³-hybridized carbons (Fsp3) is 0.200. The van der Waals surface area contributed by atoms with E-state index in [4.69, 9.17) is 0 Å². The van der Waals surface area contributed by atoms with E-state index < -0.39 is 6.04 Å². The van der Waals surface area contributed by atoms with E-state index in [0.717, 1.165) is 3.79 Å². The summed E-state index contributed by atoms with van der Waals surface area (Å²) in [5.41, 5.74) is 0.624. The molecule has 1 aromatic heterocycles. The molecule has 0 fully saturated rings. The molecule has 0 saturated carbocycles. The van der Waals surface area contributed by atoms with Crippen LogP contribution in [0.4, 0.5) is 4.39 Å². The Hall–Kier alpha value is -1.25. The van der Waals surface area contributed by atoms with Crippen molar-refractivity contribution in [2.45, 2.75) is 19.5 Å². The van der Waals surface area contributed by atoms with Crippen LogP contribution >= 0.6 is 43.2 Å². The first-order chi connectivity index (χ1) is 10.9. The quantitative estimate of drug-likeness (QED) is 0.707. The normalized spacial score (nSPS) is 11.8. The monoisotopic (exact) mass is 462 g/mol. The first kappa shape index (κ1) is 18.1. The Morgan fingerprint density at radius 1 is 1.26 bits per heavy atom. The molecule has 1 unspecified atom stereocenters. The summed E-state index contributed by atoms with van der Waals surface area (Å²) in [7, 11) is 0. The summed E-state index contributed by atoms with van der Waals surface area (Å²) in [6.45, 7) is 1.76. The van der Waals surface area contributed by atoms with Crippen molar-refractivity contribution in [2.24, 2.45) is 0 Å². The molecule has 1 atom stereocenters. The second kappa shape index (κ2) is 8.03. The topological polar surface area (TPSA) is 58.2 Å². The lowest BCUT2D eigenvalue weighted by Crippen LogP contribution is -2.44. The molecule has 2 N–H and O–H groups in total. The Balaban J connectivity index is 1.90. The highest BCUT2D eigenvalue weighted by molar-refractivity contribution is 9.11. The second-order valence-corrected chi connectivity index (χ2v) is 8.07. The smallest absolute Gasteiger partial charge is 0.262 e. The number of halogens is 3. The molecule has 0 aliphatic heterocycles. The molecule has 1 aromatic carbocycles. The lowest BCUT2D eigenvalue weighted by molar-refractivity contribution is -0.122. The van der Waals surface area contributed by atoms with Crippen LogP contribution in [-0.4, -0.2) is 17.9 Å². The van der Waals surface area contributed by atoms with E-state index in [1.165, 1.54) is 23.5 Å². The lowest BCUT2D eigenvalue weighted by Gasteiger charge is -2.14. The molecule has 4 nitrogen and oxygen atoms in total. The standard InChI is InChI=1S/C15H13Br2FN2O2S/c1-8(20-15(22)12-4-5-13(17)23-12)14(21)19-7-9-6-10(18)2-3-11(9)16/h2-6,8H,7H2,1H3,(H,19,21)(H,20,22). The van der Waals surface area contributed by atoms with Gasteiger partial charge in [-0.05, 0) is 58.7 Å². The summed E-state index contributed by atoms with van der Waals surface area (Å²) >= 11 is 7.87. The zero-order valence-electron chi connectivity index (χ0n) is 12.0. The maximum Gasteiger partial charge on any atom is 0.262 e. The van der Waals surface area contributed by atoms with Crippen LogP contribution in [0.5, 0.6) is 0 Å². The molecule has 2 aromatic rings. The van der Waals surface area contributed by atoms with E-state index in [2.05, 4.69) is 42.5 Å². The molecule has 0 aliphatic rings. The van der Waals surface area contributed by atoms with E-state index in [-0.39, 0.29) is 24.2 Å². The van der Waals surface area contributed by atoms with Crippen LogP contribution in [0, 0.1) is 5.82 Å². The summed E-state index contributed by atoms with van der Waals surface area (Å²) in [6.07, 6.45) is 0. The summed E-state index contributed by atoms with van der Waals surface area (Å²) in [6, 6.07) is 7.01. The van der Waals surface area contributed by atoms with Gasteiger partial charge >= 0.3 is 0 Å². The van der Waals surface area contributed by atoms with Crippen LogP contribution in [-0.2, 0) is 11.3 Å². The Labute approximate surface area is 153 Å². The van der Waals surface area contributed by atoms with Crippen molar-refractivity contribution in [3.8, 4) is 0 Å². The van der Waals surface area contributed by atoms with Crippen molar-refractivity contribution >= 4 is 55.0 Å². The number of thiophene rings is 1. The molecule has 2 rings (SSSR count). The number of hydrogen-bond acceptors (Lipinski definition) is 3. The number of nitrogens with one attached hydrogen (secondary N) is 2. The van der Waals surface area contributed by atoms with Gasteiger partial charge in [-0.3, -0.25) is 9.59 Å². The first-order valence-corrected chi connectivity index (χ1v) is 9.05. The van der Waals surface area contributed by atoms with E-state index in [1.54, 1.807) is 25.1 Å². The molecule has 8 heteroatoms. The van der Waals surface area contributed by atoms with Gasteiger partial charge in [0.15, 0.2) is 0 Å². The molecule has 0 aliphatic carbocycles. The van der Waals surface area contributed by atoms with Gasteiger partial charge in [-0.1, -0.05) is 15.9 Å². The molecule has 0 saturated heterocycles. The van der Waals surface area contributed by atoms with Crippen molar-refractivity contribution in [3.63, 3.8) is 0 Å². The minimum Gasteiger partial charge on any atom is -0.350 e. The molecule has 122 valence electrons. The highest BCUT2D eigenvalue weighted by Gasteiger charge is 2.17. The van der Waals surface area contributed by atoms with Gasteiger partial charge in [0.1, 0.15) is 11.9 Å². The third kappa shape index (κ3) is 5.12. The van der Waals surface area contributed by atoms with Crippen LogP contribution in [0.25, 0.3) is 0 Å². The number of rotatable bonds is 5. The lowest BCUT2D eigenvalue weighted by atomic mass is 10.2. The maximum absolute atomic E-state index is 13.2. The molecule has 23 heavy (non-hydrogen) atoms. The third-order valence-corrected chi connectivity index (χ3v) is 5.39. The number of hydrogen-bond donors (Lipinski definition) is 2. The fourth-order valence-electron chi connectivity index (χ4n) is 1.78. The Morgan fingerprint density at radius 2 is 2.00 bits per heavy atom. The minimum atomic E-state index is -0.698. The fourth-order valence-corrected chi connectivity index (χ4v) is 3.46. The van der Waals surface area contributed by atoms with Gasteiger partial charge in [-0.15, -0.1) is 11.3 Å². The summed E-state index contributed by atoms with van der Waals surface area (Å²) < 4.78 is 14.7. The number of benzene rings is 1. The average molecular weight is 464 g/mol. The number of carbonyl (C=O) groups excluding carboxylic acids is 2. The van der Waals surface area contributed by atoms with E-state index in [1.807, 2.05) is 0 Å². The Kier molecular flexibility index (Phi) is 6.32. The average Bonchev–Trinajstić information content (AvgIpc) is 2.94. The van der Waals surface area contributed by atoms with E-state index >= 15 is 0 Å². The predicted molar refractivity (Wildman–Crippen MR) is 94.9 cm³/mol. The zero-order chi connectivity index (χ0) is 17.0. The summed E-state index contributed by atoms with van der Waals surface area (Å²) in [5.74, 6) is -1.03. The van der Waals surface area contributed by atoms with Crippen LogP contribution < -0.4 is 10.6 Å². The highest BCUT2D eigenvalue weighted by Crippen LogP contribution is 2.22. The third-order valence-electron chi connectivity index (χ3n) is 3.00. The highest BCUT2D eigenvalue weighted by atomic mass is 79.9. The summed E-state index contributed by atoms with van der Waals surface area (Å²) in [4.78, 5) is 24.5. The van der Waals surface area contributed by atoms with Crippen molar-refractivity contribution in [1.82, 2.24) is 10.6 Å². The predicted octanol–water partition coefficient (Wildman–Crippen LogP) is 3.85. The minimum absolute atomic E-state index is 0.169. The van der Waals surface area contributed by atoms with Crippen molar-refractivity contribution in [3.05, 3.63) is 54.8 Å². The largest absolute Gasteiger partial charge is 0.350 e. The Morgan fingerprint density at radius 3 is 2.65 bits per heavy atom. The van der Waals surface area contributed by atoms with E-state index in [0.29, 0.717) is 14.9 Å². The maximum atomic E-state index is 13.2. The van der Waals surface area contributed by atoms with Crippen molar-refractivity contribution in [1.29, 1.82) is 0 Å². The number of carbonyl (C=O) groups is 2. The van der Waals surface area contributed by atoms with Gasteiger partial charge in [0.05, 0.1) is 8.66 Å². The van der Waals surface area contributed by atoms with Gasteiger partial charge in [0.2, 0.25) is 5.91 Å². The molecule has 1 heterocycles. The molecule has 0 bridgehead atoms. The summed E-state index contributed by atoms with van der Waals surface area (Å²) in [5, 5.41) is 5.30. The van der Waals surface area contributed by atoms with Crippen molar-refractivity contribution in [2.75, 3.05) is 0 Å². The molecule has 0 spiro atoms. The molecule has 2 amide bonds. The van der Waals surface area contributed by atoms with Crippen molar-refractivity contribution < 1.29 is 14.0 Å². The van der Waals surface area contributed by atoms with Crippen LogP contribution in [0.1, 0.15) is 22.2 Å². The second-order valence-electron chi connectivity index (χ2n) is 4.75. The van der Waals surface area contributed by atoms with Gasteiger partial charge in [-0.2, -0.15) is 0 Å². The molecular weight excluding hydrogens is 451 g/mol. The van der Waals surface area contributed by atoms with Crippen LogP contribution in [0.2, 0.25) is 0 Å². The number of amides is 2. The van der Waals surface area contributed by atoms with Gasteiger partial charge in [0, 0.05) is 11.0 Å². The van der Waals surface area contributed by atoms with Crippen LogP contribution in [0.15, 0.2) is 38.6 Å². The zero-order valence-corrected chi connectivity index (χ0v) is 16.0. The SMILES string of the molecule is CC(NC(=O)c1ccc(Br)s1)C(=O)NCc1cc(F)ccc1Br. The van der Waals surface area contributed by atoms with E-state index in [9.17, 15) is 14.0 Å². The molecule has 0 radical (unpaired) electrons.